The molecule has 0 saturated carbocycles. The number of amides is 1. The maximum Gasteiger partial charge on any atom is 0.303 e. The van der Waals surface area contributed by atoms with Gasteiger partial charge in [-0.05, 0) is 30.5 Å². The van der Waals surface area contributed by atoms with Crippen LogP contribution in [0.3, 0.4) is 0 Å². The molecule has 0 bridgehead atoms. The van der Waals surface area contributed by atoms with Crippen LogP contribution < -0.4 is 5.32 Å². The van der Waals surface area contributed by atoms with E-state index in [1.54, 1.807) is 10.9 Å². The molecular weight excluding hydrogens is 330 g/mol. The first kappa shape index (κ1) is 17.7. The Morgan fingerprint density at radius 2 is 1.81 bits per heavy atom. The first-order valence-electron chi connectivity index (χ1n) is 8.57. The third kappa shape index (κ3) is 4.69. The molecule has 1 atom stereocenters. The number of rotatable bonds is 8. The van der Waals surface area contributed by atoms with Crippen LogP contribution in [0.1, 0.15) is 18.4 Å². The summed E-state index contributed by atoms with van der Waals surface area (Å²) in [5.74, 6) is -1.02. The van der Waals surface area contributed by atoms with E-state index in [9.17, 15) is 9.59 Å². The number of carboxylic acids is 1. The molecule has 0 aliphatic rings. The number of carbonyl (C=O) groups excluding carboxylic acids is 1. The second kappa shape index (κ2) is 8.29. The molecule has 2 N–H and O–H groups in total. The molecule has 0 radical (unpaired) electrons. The monoisotopic (exact) mass is 351 g/mol. The molecule has 134 valence electrons. The molecule has 6 heteroatoms. The summed E-state index contributed by atoms with van der Waals surface area (Å²) in [4.78, 5) is 27.7. The molecular formula is C20H21N3O3. The van der Waals surface area contributed by atoms with Crippen LogP contribution >= 0.6 is 0 Å². The number of para-hydroxylation sites is 2. The van der Waals surface area contributed by atoms with Crippen LogP contribution in [-0.4, -0.2) is 32.6 Å². The van der Waals surface area contributed by atoms with Gasteiger partial charge in [0.15, 0.2) is 0 Å². The minimum absolute atomic E-state index is 0.0196. The highest BCUT2D eigenvalue weighted by Gasteiger charge is 2.16. The van der Waals surface area contributed by atoms with Crippen LogP contribution in [0.4, 0.5) is 0 Å². The fourth-order valence-electron chi connectivity index (χ4n) is 2.99. The fraction of sp³-hybridized carbons (Fsp3) is 0.250. The van der Waals surface area contributed by atoms with E-state index in [2.05, 4.69) is 10.3 Å². The first-order valence-corrected chi connectivity index (χ1v) is 8.57. The lowest BCUT2D eigenvalue weighted by molar-refractivity contribution is -0.137. The molecule has 1 unspecified atom stereocenters. The van der Waals surface area contributed by atoms with Crippen molar-refractivity contribution in [3.05, 3.63) is 66.5 Å². The Kier molecular flexibility index (Phi) is 5.63. The Morgan fingerprint density at radius 1 is 1.08 bits per heavy atom. The third-order valence-corrected chi connectivity index (χ3v) is 4.24. The topological polar surface area (TPSA) is 84.2 Å². The molecule has 0 spiro atoms. The summed E-state index contributed by atoms with van der Waals surface area (Å²) in [5.41, 5.74) is 2.80. The van der Waals surface area contributed by atoms with E-state index in [0.29, 0.717) is 12.8 Å². The number of imidazole rings is 1. The number of aromatic nitrogens is 2. The van der Waals surface area contributed by atoms with Gasteiger partial charge in [0.05, 0.1) is 17.4 Å². The zero-order chi connectivity index (χ0) is 18.4. The van der Waals surface area contributed by atoms with Crippen molar-refractivity contribution < 1.29 is 14.7 Å². The van der Waals surface area contributed by atoms with Crippen molar-refractivity contribution >= 4 is 22.9 Å². The Labute approximate surface area is 151 Å². The SMILES string of the molecule is O=C(O)CCC(Cc1ccccc1)NC(=O)Cn1cnc2ccccc21. The summed E-state index contributed by atoms with van der Waals surface area (Å²) in [6, 6.07) is 17.1. The number of hydrogen-bond donors (Lipinski definition) is 2. The third-order valence-electron chi connectivity index (χ3n) is 4.24. The molecule has 1 aromatic heterocycles. The van der Waals surface area contributed by atoms with Crippen LogP contribution in [0.25, 0.3) is 11.0 Å². The fourth-order valence-corrected chi connectivity index (χ4v) is 2.99. The largest absolute Gasteiger partial charge is 0.481 e. The summed E-state index contributed by atoms with van der Waals surface area (Å²) in [5, 5.41) is 11.9. The smallest absolute Gasteiger partial charge is 0.303 e. The van der Waals surface area contributed by atoms with Gasteiger partial charge in [-0.1, -0.05) is 42.5 Å². The van der Waals surface area contributed by atoms with Crippen molar-refractivity contribution in [2.24, 2.45) is 0 Å². The minimum Gasteiger partial charge on any atom is -0.481 e. The van der Waals surface area contributed by atoms with E-state index in [1.807, 2.05) is 54.6 Å². The van der Waals surface area contributed by atoms with E-state index < -0.39 is 5.97 Å². The number of carboxylic acid groups (broad SMARTS) is 1. The Balaban J connectivity index is 1.66. The van der Waals surface area contributed by atoms with Crippen molar-refractivity contribution in [3.63, 3.8) is 0 Å². The number of hydrogen-bond acceptors (Lipinski definition) is 3. The van der Waals surface area contributed by atoms with Crippen molar-refractivity contribution in [1.29, 1.82) is 0 Å². The van der Waals surface area contributed by atoms with Gasteiger partial charge in [0.25, 0.3) is 0 Å². The van der Waals surface area contributed by atoms with E-state index >= 15 is 0 Å². The molecule has 0 aliphatic heterocycles. The summed E-state index contributed by atoms with van der Waals surface area (Å²) >= 11 is 0. The lowest BCUT2D eigenvalue weighted by atomic mass is 10.0. The van der Waals surface area contributed by atoms with Gasteiger partial charge in [0.1, 0.15) is 6.54 Å². The van der Waals surface area contributed by atoms with Crippen molar-refractivity contribution in [2.45, 2.75) is 31.8 Å². The number of nitrogens with zero attached hydrogens (tertiary/aromatic N) is 2. The van der Waals surface area contributed by atoms with Crippen molar-refractivity contribution in [2.75, 3.05) is 0 Å². The van der Waals surface area contributed by atoms with Gasteiger partial charge >= 0.3 is 5.97 Å². The lowest BCUT2D eigenvalue weighted by Crippen LogP contribution is -2.38. The quantitative estimate of drug-likeness (QED) is 0.653. The Hall–Kier alpha value is -3.15. The Bertz CT molecular complexity index is 889. The maximum atomic E-state index is 12.5. The normalized spacial score (nSPS) is 12.0. The van der Waals surface area contributed by atoms with Gasteiger partial charge in [-0.3, -0.25) is 9.59 Å². The zero-order valence-electron chi connectivity index (χ0n) is 14.3. The molecule has 26 heavy (non-hydrogen) atoms. The summed E-state index contributed by atoms with van der Waals surface area (Å²) in [7, 11) is 0. The van der Waals surface area contributed by atoms with Crippen LogP contribution in [0.15, 0.2) is 60.9 Å². The molecule has 3 rings (SSSR count). The van der Waals surface area contributed by atoms with Gasteiger partial charge in [-0.25, -0.2) is 4.98 Å². The average Bonchev–Trinajstić information content (AvgIpc) is 3.03. The number of nitrogens with one attached hydrogen (secondary N) is 1. The highest BCUT2D eigenvalue weighted by Crippen LogP contribution is 2.12. The van der Waals surface area contributed by atoms with Gasteiger partial charge < -0.3 is 15.0 Å². The Morgan fingerprint density at radius 3 is 2.58 bits per heavy atom. The van der Waals surface area contributed by atoms with Gasteiger partial charge in [-0.15, -0.1) is 0 Å². The van der Waals surface area contributed by atoms with E-state index in [4.69, 9.17) is 5.11 Å². The number of aliphatic carboxylic acids is 1. The molecule has 3 aromatic rings. The first-order chi connectivity index (χ1) is 12.6. The standard InChI is InChI=1S/C20H21N3O3/c24-19(13-23-14-21-17-8-4-5-9-18(17)23)22-16(10-11-20(25)26)12-15-6-2-1-3-7-15/h1-9,14,16H,10-13H2,(H,22,24)(H,25,26). The zero-order valence-corrected chi connectivity index (χ0v) is 14.3. The van der Waals surface area contributed by atoms with Crippen molar-refractivity contribution in [3.8, 4) is 0 Å². The minimum atomic E-state index is -0.863. The number of benzene rings is 2. The van der Waals surface area contributed by atoms with Gasteiger partial charge in [-0.2, -0.15) is 0 Å². The summed E-state index contributed by atoms with van der Waals surface area (Å²) in [6.45, 7) is 0.152. The summed E-state index contributed by atoms with van der Waals surface area (Å²) in [6.07, 6.45) is 2.66. The predicted molar refractivity (Wildman–Crippen MR) is 98.7 cm³/mol. The highest BCUT2D eigenvalue weighted by atomic mass is 16.4. The molecule has 0 aliphatic carbocycles. The van der Waals surface area contributed by atoms with Crippen molar-refractivity contribution in [1.82, 2.24) is 14.9 Å². The molecule has 0 saturated heterocycles. The number of fused-ring (bicyclic) bond motifs is 1. The van der Waals surface area contributed by atoms with E-state index in [1.165, 1.54) is 0 Å². The average molecular weight is 351 g/mol. The van der Waals surface area contributed by atoms with Gasteiger partial charge in [0, 0.05) is 12.5 Å². The predicted octanol–water partition coefficient (Wildman–Crippen LogP) is 2.63. The van der Waals surface area contributed by atoms with Crippen LogP contribution in [0.5, 0.6) is 0 Å². The molecule has 1 heterocycles. The molecule has 0 fully saturated rings. The maximum absolute atomic E-state index is 12.5. The molecule has 1 amide bonds. The molecule has 6 nitrogen and oxygen atoms in total. The van der Waals surface area contributed by atoms with Crippen LogP contribution in [0, 0.1) is 0 Å². The van der Waals surface area contributed by atoms with E-state index in [0.717, 1.165) is 16.6 Å². The van der Waals surface area contributed by atoms with E-state index in [-0.39, 0.29) is 24.9 Å². The number of carbonyl (C=O) groups is 2. The van der Waals surface area contributed by atoms with Gasteiger partial charge in [0.2, 0.25) is 5.91 Å². The summed E-state index contributed by atoms with van der Waals surface area (Å²) < 4.78 is 1.79. The van der Waals surface area contributed by atoms with Crippen LogP contribution in [-0.2, 0) is 22.6 Å². The highest BCUT2D eigenvalue weighted by molar-refractivity contribution is 5.80. The second-order valence-electron chi connectivity index (χ2n) is 6.25. The van der Waals surface area contributed by atoms with Crippen LogP contribution in [0.2, 0.25) is 0 Å². The second-order valence-corrected chi connectivity index (χ2v) is 6.25. The molecule has 2 aromatic carbocycles. The lowest BCUT2D eigenvalue weighted by Gasteiger charge is -2.18.